The van der Waals surface area contributed by atoms with Gasteiger partial charge in [0.1, 0.15) is 0 Å². The zero-order valence-electron chi connectivity index (χ0n) is 10.0. The number of hydrogen-bond acceptors (Lipinski definition) is 3. The maximum atomic E-state index is 5.99. The largest absolute Gasteiger partial charge is 0.345 e. The van der Waals surface area contributed by atoms with Crippen molar-refractivity contribution >= 4 is 23.2 Å². The van der Waals surface area contributed by atoms with Crippen molar-refractivity contribution in [3.8, 4) is 0 Å². The van der Waals surface area contributed by atoms with Gasteiger partial charge in [0.25, 0.3) is 0 Å². The highest BCUT2D eigenvalue weighted by atomic mass is 35.5. The van der Waals surface area contributed by atoms with Gasteiger partial charge in [0.05, 0.1) is 16.6 Å². The summed E-state index contributed by atoms with van der Waals surface area (Å²) in [6.07, 6.45) is 0. The van der Waals surface area contributed by atoms with Crippen molar-refractivity contribution in [2.75, 3.05) is 19.8 Å². The molecule has 0 amide bonds. The zero-order valence-corrected chi connectivity index (χ0v) is 11.5. The van der Waals surface area contributed by atoms with Crippen LogP contribution in [0.15, 0.2) is 18.2 Å². The lowest BCUT2D eigenvalue weighted by atomic mass is 10.1. The molecule has 96 valence electrons. The maximum absolute atomic E-state index is 5.99. The van der Waals surface area contributed by atoms with E-state index < -0.39 is 5.79 Å². The molecule has 0 radical (unpaired) electrons. The Hall–Kier alpha value is -0.320. The molecule has 0 bridgehead atoms. The van der Waals surface area contributed by atoms with E-state index in [1.54, 1.807) is 12.1 Å². The van der Waals surface area contributed by atoms with E-state index >= 15 is 0 Å². The molecule has 0 aliphatic heterocycles. The van der Waals surface area contributed by atoms with Gasteiger partial charge in [-0.05, 0) is 26.0 Å². The molecule has 1 aromatic rings. The van der Waals surface area contributed by atoms with Gasteiger partial charge in [0, 0.05) is 18.8 Å². The molecule has 0 unspecified atom stereocenters. The van der Waals surface area contributed by atoms with E-state index in [0.29, 0.717) is 23.3 Å². The minimum atomic E-state index is -0.947. The van der Waals surface area contributed by atoms with Crippen LogP contribution in [0.3, 0.4) is 0 Å². The molecule has 0 saturated carbocycles. The van der Waals surface area contributed by atoms with Crippen LogP contribution in [0.2, 0.25) is 10.0 Å². The van der Waals surface area contributed by atoms with Gasteiger partial charge < -0.3 is 15.2 Å². The van der Waals surface area contributed by atoms with Crippen LogP contribution in [0.4, 0.5) is 0 Å². The molecule has 0 heterocycles. The fourth-order valence-electron chi connectivity index (χ4n) is 1.64. The normalized spacial score (nSPS) is 11.8. The predicted octanol–water partition coefficient (Wildman–Crippen LogP) is 3.18. The van der Waals surface area contributed by atoms with Crippen molar-refractivity contribution in [2.45, 2.75) is 19.6 Å². The third-order valence-corrected chi connectivity index (χ3v) is 3.12. The Kier molecular flexibility index (Phi) is 5.70. The highest BCUT2D eigenvalue weighted by Crippen LogP contribution is 2.31. The van der Waals surface area contributed by atoms with E-state index in [0.717, 1.165) is 5.56 Å². The van der Waals surface area contributed by atoms with Crippen LogP contribution in [0.1, 0.15) is 19.4 Å². The van der Waals surface area contributed by atoms with Gasteiger partial charge in [-0.2, -0.15) is 0 Å². The second-order valence-corrected chi connectivity index (χ2v) is 4.27. The molecule has 0 atom stereocenters. The second-order valence-electron chi connectivity index (χ2n) is 3.45. The molecule has 0 spiro atoms. The Morgan fingerprint density at radius 2 is 1.71 bits per heavy atom. The smallest absolute Gasteiger partial charge is 0.207 e. The standard InChI is InChI=1S/C12H17Cl2NO2/c1-3-16-12(8-15,17-4-2)9-5-6-10(13)11(14)7-9/h5-7H,3-4,8,15H2,1-2H3. The molecule has 1 rings (SSSR count). The first kappa shape index (κ1) is 14.7. The van der Waals surface area contributed by atoms with E-state index in [2.05, 4.69) is 0 Å². The maximum Gasteiger partial charge on any atom is 0.207 e. The number of ether oxygens (including phenoxy) is 2. The van der Waals surface area contributed by atoms with Crippen molar-refractivity contribution in [1.82, 2.24) is 0 Å². The van der Waals surface area contributed by atoms with Gasteiger partial charge in [0.15, 0.2) is 0 Å². The van der Waals surface area contributed by atoms with Crippen LogP contribution in [-0.4, -0.2) is 19.8 Å². The average Bonchev–Trinajstić information content (AvgIpc) is 2.32. The summed E-state index contributed by atoms with van der Waals surface area (Å²) in [6.45, 7) is 4.99. The summed E-state index contributed by atoms with van der Waals surface area (Å²) < 4.78 is 11.3. The first-order chi connectivity index (χ1) is 8.09. The quantitative estimate of drug-likeness (QED) is 0.813. The molecule has 1 aromatic carbocycles. The van der Waals surface area contributed by atoms with Gasteiger partial charge in [-0.25, -0.2) is 0 Å². The van der Waals surface area contributed by atoms with Crippen molar-refractivity contribution in [1.29, 1.82) is 0 Å². The molecule has 2 N–H and O–H groups in total. The monoisotopic (exact) mass is 277 g/mol. The number of benzene rings is 1. The fraction of sp³-hybridized carbons (Fsp3) is 0.500. The van der Waals surface area contributed by atoms with Crippen LogP contribution in [-0.2, 0) is 15.3 Å². The first-order valence-corrected chi connectivity index (χ1v) is 6.28. The molecule has 0 saturated heterocycles. The topological polar surface area (TPSA) is 44.5 Å². The lowest BCUT2D eigenvalue weighted by molar-refractivity contribution is -0.235. The molecule has 0 fully saturated rings. The van der Waals surface area contributed by atoms with Crippen LogP contribution in [0, 0.1) is 0 Å². The number of nitrogens with two attached hydrogens (primary N) is 1. The van der Waals surface area contributed by atoms with Crippen LogP contribution < -0.4 is 5.73 Å². The van der Waals surface area contributed by atoms with Crippen molar-refractivity contribution in [2.24, 2.45) is 5.73 Å². The first-order valence-electron chi connectivity index (χ1n) is 5.53. The second kappa shape index (κ2) is 6.57. The Balaban J connectivity index is 3.14. The summed E-state index contributed by atoms with van der Waals surface area (Å²) in [5.41, 5.74) is 6.55. The van der Waals surface area contributed by atoms with Crippen LogP contribution in [0.5, 0.6) is 0 Å². The lowest BCUT2D eigenvalue weighted by Gasteiger charge is -2.32. The van der Waals surface area contributed by atoms with E-state index in [1.807, 2.05) is 19.9 Å². The molecule has 0 aromatic heterocycles. The van der Waals surface area contributed by atoms with E-state index in [-0.39, 0.29) is 6.54 Å². The zero-order chi connectivity index (χ0) is 12.9. The molecular weight excluding hydrogens is 261 g/mol. The summed E-state index contributed by atoms with van der Waals surface area (Å²) in [6, 6.07) is 5.25. The molecular formula is C12H17Cl2NO2. The number of hydrogen-bond donors (Lipinski definition) is 1. The van der Waals surface area contributed by atoms with Crippen molar-refractivity contribution in [3.05, 3.63) is 33.8 Å². The summed E-state index contributed by atoms with van der Waals surface area (Å²) >= 11 is 11.9. The number of halogens is 2. The third-order valence-electron chi connectivity index (χ3n) is 2.38. The van der Waals surface area contributed by atoms with Gasteiger partial charge >= 0.3 is 0 Å². The number of rotatable bonds is 6. The van der Waals surface area contributed by atoms with Crippen LogP contribution >= 0.6 is 23.2 Å². The third kappa shape index (κ3) is 3.33. The van der Waals surface area contributed by atoms with Crippen molar-refractivity contribution in [3.63, 3.8) is 0 Å². The molecule has 17 heavy (non-hydrogen) atoms. The Labute approximate surface area is 112 Å². The van der Waals surface area contributed by atoms with Gasteiger partial charge in [0.2, 0.25) is 5.79 Å². The van der Waals surface area contributed by atoms with Gasteiger partial charge in [-0.15, -0.1) is 0 Å². The molecule has 3 nitrogen and oxygen atoms in total. The Morgan fingerprint density at radius 1 is 1.12 bits per heavy atom. The summed E-state index contributed by atoms with van der Waals surface area (Å²) in [5.74, 6) is -0.947. The SMILES string of the molecule is CCOC(CN)(OCC)c1ccc(Cl)c(Cl)c1. The van der Waals surface area contributed by atoms with Crippen LogP contribution in [0.25, 0.3) is 0 Å². The van der Waals surface area contributed by atoms with E-state index in [4.69, 9.17) is 38.4 Å². The van der Waals surface area contributed by atoms with Crippen molar-refractivity contribution < 1.29 is 9.47 Å². The fourth-order valence-corrected chi connectivity index (χ4v) is 1.94. The lowest BCUT2D eigenvalue weighted by Crippen LogP contribution is -2.41. The Bertz CT molecular complexity index is 366. The summed E-state index contributed by atoms with van der Waals surface area (Å²) in [7, 11) is 0. The molecule has 0 aliphatic rings. The minimum Gasteiger partial charge on any atom is -0.345 e. The Morgan fingerprint density at radius 3 is 2.12 bits per heavy atom. The van der Waals surface area contributed by atoms with Gasteiger partial charge in [-0.1, -0.05) is 29.3 Å². The van der Waals surface area contributed by atoms with Gasteiger partial charge in [-0.3, -0.25) is 0 Å². The summed E-state index contributed by atoms with van der Waals surface area (Å²) in [4.78, 5) is 0. The molecule has 5 heteroatoms. The highest BCUT2D eigenvalue weighted by Gasteiger charge is 2.32. The van der Waals surface area contributed by atoms with E-state index in [1.165, 1.54) is 0 Å². The molecule has 0 aliphatic carbocycles. The van der Waals surface area contributed by atoms with E-state index in [9.17, 15) is 0 Å². The average molecular weight is 278 g/mol. The predicted molar refractivity (Wildman–Crippen MR) is 70.4 cm³/mol. The highest BCUT2D eigenvalue weighted by molar-refractivity contribution is 6.42. The summed E-state index contributed by atoms with van der Waals surface area (Å²) in [5, 5.41) is 0.954. The minimum absolute atomic E-state index is 0.215.